The van der Waals surface area contributed by atoms with E-state index in [4.69, 9.17) is 5.11 Å². The highest BCUT2D eigenvalue weighted by atomic mass is 32.2. The fourth-order valence-electron chi connectivity index (χ4n) is 2.12. The Labute approximate surface area is 165 Å². The third kappa shape index (κ3) is 5.78. The molecule has 0 saturated carbocycles. The van der Waals surface area contributed by atoms with Crippen molar-refractivity contribution in [3.05, 3.63) is 66.0 Å². The molecule has 1 aromatic carbocycles. The van der Waals surface area contributed by atoms with Crippen LogP contribution in [0.1, 0.15) is 16.1 Å². The third-order valence-corrected chi connectivity index (χ3v) is 5.14. The molecule has 0 aliphatic carbocycles. The molecule has 0 spiro atoms. The van der Waals surface area contributed by atoms with Crippen LogP contribution in [0.3, 0.4) is 0 Å². The van der Waals surface area contributed by atoms with Gasteiger partial charge in [0.1, 0.15) is 16.5 Å². The lowest BCUT2D eigenvalue weighted by molar-refractivity contribution is 0.102. The molecular weight excluding hydrogens is 380 g/mol. The number of carbonyl (C=O) groups is 1. The van der Waals surface area contributed by atoms with Gasteiger partial charge in [0, 0.05) is 22.9 Å². The summed E-state index contributed by atoms with van der Waals surface area (Å²) in [6, 6.07) is 15.0. The molecule has 3 rings (SSSR count). The first-order chi connectivity index (χ1) is 13.1. The van der Waals surface area contributed by atoms with Gasteiger partial charge in [0.05, 0.1) is 6.61 Å². The molecule has 2 aromatic heterocycles. The molecule has 1 amide bonds. The Hall–Kier alpha value is -2.42. The van der Waals surface area contributed by atoms with Gasteiger partial charge in [-0.05, 0) is 31.2 Å². The number of pyridine rings is 1. The van der Waals surface area contributed by atoms with Gasteiger partial charge < -0.3 is 10.4 Å². The Kier molecular flexibility index (Phi) is 6.80. The van der Waals surface area contributed by atoms with E-state index in [2.05, 4.69) is 20.3 Å². The zero-order chi connectivity index (χ0) is 19.1. The molecule has 2 heterocycles. The summed E-state index contributed by atoms with van der Waals surface area (Å²) in [6.45, 7) is 2.04. The van der Waals surface area contributed by atoms with E-state index >= 15 is 0 Å². The summed E-state index contributed by atoms with van der Waals surface area (Å²) in [4.78, 5) is 26.5. The number of aliphatic hydroxyl groups is 1. The summed E-state index contributed by atoms with van der Waals surface area (Å²) in [5, 5.41) is 12.9. The molecule has 2 N–H and O–H groups in total. The number of aliphatic hydroxyl groups excluding tert-OH is 1. The zero-order valence-electron chi connectivity index (χ0n) is 14.6. The van der Waals surface area contributed by atoms with E-state index in [0.717, 1.165) is 4.90 Å². The first kappa shape index (κ1) is 19.3. The third-order valence-electron chi connectivity index (χ3n) is 3.39. The van der Waals surface area contributed by atoms with Crippen molar-refractivity contribution in [1.82, 2.24) is 15.0 Å². The second kappa shape index (κ2) is 9.50. The SMILES string of the molecule is Cc1ccc(Sc2cc(C(=O)Nc3ccccn3)nc(SCCO)n2)cc1. The van der Waals surface area contributed by atoms with E-state index in [9.17, 15) is 4.79 Å². The van der Waals surface area contributed by atoms with Gasteiger partial charge in [-0.3, -0.25) is 4.79 Å². The van der Waals surface area contributed by atoms with Crippen LogP contribution < -0.4 is 5.32 Å². The molecule has 0 saturated heterocycles. The minimum Gasteiger partial charge on any atom is -0.396 e. The molecule has 0 atom stereocenters. The molecule has 0 aliphatic heterocycles. The predicted molar refractivity (Wildman–Crippen MR) is 107 cm³/mol. The fraction of sp³-hybridized carbons (Fsp3) is 0.158. The van der Waals surface area contributed by atoms with Crippen LogP contribution in [0.4, 0.5) is 5.82 Å². The maximum Gasteiger partial charge on any atom is 0.275 e. The van der Waals surface area contributed by atoms with Gasteiger partial charge in [-0.25, -0.2) is 15.0 Å². The highest BCUT2D eigenvalue weighted by molar-refractivity contribution is 7.99. The number of benzene rings is 1. The number of carbonyl (C=O) groups excluding carboxylic acids is 1. The van der Waals surface area contributed by atoms with Crippen LogP contribution in [-0.4, -0.2) is 38.3 Å². The topological polar surface area (TPSA) is 88.0 Å². The van der Waals surface area contributed by atoms with Crippen molar-refractivity contribution in [1.29, 1.82) is 0 Å². The van der Waals surface area contributed by atoms with Crippen LogP contribution in [0.2, 0.25) is 0 Å². The number of nitrogens with zero attached hydrogens (tertiary/aromatic N) is 3. The van der Waals surface area contributed by atoms with Crippen molar-refractivity contribution in [2.45, 2.75) is 22.0 Å². The van der Waals surface area contributed by atoms with Crippen LogP contribution >= 0.6 is 23.5 Å². The maximum atomic E-state index is 12.6. The molecule has 3 aromatic rings. The Morgan fingerprint density at radius 2 is 1.96 bits per heavy atom. The molecule has 0 bridgehead atoms. The number of anilines is 1. The lowest BCUT2D eigenvalue weighted by Crippen LogP contribution is -2.15. The second-order valence-corrected chi connectivity index (χ2v) is 7.69. The number of aromatic nitrogens is 3. The first-order valence-corrected chi connectivity index (χ1v) is 10.0. The molecule has 0 radical (unpaired) electrons. The number of aryl methyl sites for hydroxylation is 1. The molecule has 0 unspecified atom stereocenters. The molecule has 0 aliphatic rings. The van der Waals surface area contributed by atoms with Gasteiger partial charge in [0.25, 0.3) is 5.91 Å². The van der Waals surface area contributed by atoms with Gasteiger partial charge in [-0.2, -0.15) is 0 Å². The highest BCUT2D eigenvalue weighted by Gasteiger charge is 2.14. The van der Waals surface area contributed by atoms with Crippen molar-refractivity contribution in [2.24, 2.45) is 0 Å². The molecule has 27 heavy (non-hydrogen) atoms. The molecular formula is C19H18N4O2S2. The van der Waals surface area contributed by atoms with E-state index in [1.54, 1.807) is 30.5 Å². The molecule has 0 fully saturated rings. The second-order valence-electron chi connectivity index (χ2n) is 5.53. The Bertz CT molecular complexity index is 905. The summed E-state index contributed by atoms with van der Waals surface area (Å²) in [5.74, 6) is 0.561. The summed E-state index contributed by atoms with van der Waals surface area (Å²) >= 11 is 2.76. The van der Waals surface area contributed by atoms with Crippen LogP contribution in [0.15, 0.2) is 69.8 Å². The quantitative estimate of drug-likeness (QED) is 0.357. The number of hydrogen-bond donors (Lipinski definition) is 2. The lowest BCUT2D eigenvalue weighted by atomic mass is 10.2. The summed E-state index contributed by atoms with van der Waals surface area (Å²) in [6.07, 6.45) is 1.61. The number of rotatable bonds is 7. The van der Waals surface area contributed by atoms with Crippen molar-refractivity contribution in [2.75, 3.05) is 17.7 Å². The van der Waals surface area contributed by atoms with Gasteiger partial charge in [0.15, 0.2) is 5.16 Å². The number of thioether (sulfide) groups is 1. The van der Waals surface area contributed by atoms with Crippen LogP contribution in [0.5, 0.6) is 0 Å². The van der Waals surface area contributed by atoms with Crippen molar-refractivity contribution in [3.63, 3.8) is 0 Å². The normalized spacial score (nSPS) is 10.6. The van der Waals surface area contributed by atoms with Gasteiger partial charge in [0.2, 0.25) is 0 Å². The monoisotopic (exact) mass is 398 g/mol. The largest absolute Gasteiger partial charge is 0.396 e. The van der Waals surface area contributed by atoms with E-state index < -0.39 is 0 Å². The van der Waals surface area contributed by atoms with Crippen LogP contribution in [-0.2, 0) is 0 Å². The maximum absolute atomic E-state index is 12.6. The number of nitrogens with one attached hydrogen (secondary N) is 1. The minimum absolute atomic E-state index is 0.0127. The van der Waals surface area contributed by atoms with Crippen molar-refractivity contribution >= 4 is 35.2 Å². The van der Waals surface area contributed by atoms with E-state index in [0.29, 0.717) is 21.8 Å². The van der Waals surface area contributed by atoms with E-state index in [1.165, 1.54) is 29.1 Å². The Morgan fingerprint density at radius 1 is 1.15 bits per heavy atom. The average molecular weight is 399 g/mol. The lowest BCUT2D eigenvalue weighted by Gasteiger charge is -2.08. The summed E-state index contributed by atoms with van der Waals surface area (Å²) in [7, 11) is 0. The van der Waals surface area contributed by atoms with Crippen LogP contribution in [0, 0.1) is 6.92 Å². The van der Waals surface area contributed by atoms with Crippen LogP contribution in [0.25, 0.3) is 0 Å². The highest BCUT2D eigenvalue weighted by Crippen LogP contribution is 2.28. The van der Waals surface area contributed by atoms with Gasteiger partial charge in [-0.1, -0.05) is 47.3 Å². The van der Waals surface area contributed by atoms with E-state index in [1.807, 2.05) is 31.2 Å². The van der Waals surface area contributed by atoms with E-state index in [-0.39, 0.29) is 18.2 Å². The Balaban J connectivity index is 1.85. The molecule has 6 nitrogen and oxygen atoms in total. The minimum atomic E-state index is -0.354. The fourth-order valence-corrected chi connectivity index (χ4v) is 3.59. The van der Waals surface area contributed by atoms with Gasteiger partial charge in [-0.15, -0.1) is 0 Å². The zero-order valence-corrected chi connectivity index (χ0v) is 16.3. The predicted octanol–water partition coefficient (Wildman–Crippen LogP) is 3.67. The number of hydrogen-bond acceptors (Lipinski definition) is 7. The number of amides is 1. The standard InChI is InChI=1S/C19H18N4O2S2/c1-13-5-7-14(8-6-13)27-17-12-15(21-19(23-17)26-11-10-24)18(25)22-16-4-2-3-9-20-16/h2-9,12,24H,10-11H2,1H3,(H,20,22,25). The summed E-state index contributed by atoms with van der Waals surface area (Å²) in [5.41, 5.74) is 1.43. The van der Waals surface area contributed by atoms with Crippen molar-refractivity contribution < 1.29 is 9.90 Å². The first-order valence-electron chi connectivity index (χ1n) is 8.24. The Morgan fingerprint density at radius 3 is 2.67 bits per heavy atom. The van der Waals surface area contributed by atoms with Crippen molar-refractivity contribution in [3.8, 4) is 0 Å². The molecule has 138 valence electrons. The average Bonchev–Trinajstić information content (AvgIpc) is 2.69. The molecule has 8 heteroatoms. The van der Waals surface area contributed by atoms with Gasteiger partial charge >= 0.3 is 0 Å². The smallest absolute Gasteiger partial charge is 0.275 e. The summed E-state index contributed by atoms with van der Waals surface area (Å²) < 4.78 is 0.